The highest BCUT2D eigenvalue weighted by Gasteiger charge is 2.11. The van der Waals surface area contributed by atoms with Gasteiger partial charge in [0.05, 0.1) is 12.1 Å². The first-order chi connectivity index (χ1) is 8.27. The van der Waals surface area contributed by atoms with Crippen molar-refractivity contribution in [1.29, 1.82) is 0 Å². The van der Waals surface area contributed by atoms with E-state index >= 15 is 0 Å². The predicted octanol–water partition coefficient (Wildman–Crippen LogP) is 4.58. The molecule has 0 N–H and O–H groups in total. The van der Waals surface area contributed by atoms with Crippen LogP contribution >= 0.6 is 11.6 Å². The summed E-state index contributed by atoms with van der Waals surface area (Å²) in [6, 6.07) is 14.2. The number of rotatable bonds is 3. The fraction of sp³-hybridized carbons (Fsp3) is 0.200. The van der Waals surface area contributed by atoms with E-state index < -0.39 is 0 Å². The first kappa shape index (κ1) is 12.0. The second-order valence-electron chi connectivity index (χ2n) is 3.83. The molecule has 2 heteroatoms. The molecule has 0 aliphatic carbocycles. The lowest BCUT2D eigenvalue weighted by molar-refractivity contribution is 0.416. The molecular weight excluding hydrogens is 232 g/mol. The molecule has 0 aromatic heterocycles. The Kier molecular flexibility index (Phi) is 3.70. The lowest BCUT2D eigenvalue weighted by Gasteiger charge is -2.13. The maximum atomic E-state index is 6.15. The number of halogens is 1. The Morgan fingerprint density at radius 1 is 1.00 bits per heavy atom. The minimum atomic E-state index is 0.649. The number of aryl methyl sites for hydroxylation is 1. The summed E-state index contributed by atoms with van der Waals surface area (Å²) in [7, 11) is 1.65. The molecule has 0 atom stereocenters. The highest BCUT2D eigenvalue weighted by molar-refractivity contribution is 6.32. The zero-order valence-electron chi connectivity index (χ0n) is 10.0. The maximum Gasteiger partial charge on any atom is 0.145 e. The molecule has 0 saturated carbocycles. The second kappa shape index (κ2) is 5.24. The highest BCUT2D eigenvalue weighted by Crippen LogP contribution is 2.37. The summed E-state index contributed by atoms with van der Waals surface area (Å²) in [5, 5.41) is 0.649. The maximum absolute atomic E-state index is 6.15. The molecule has 0 amide bonds. The molecule has 0 spiro atoms. The SMILES string of the molecule is CCc1ccccc1-c1cccc(Cl)c1OC. The summed E-state index contributed by atoms with van der Waals surface area (Å²) >= 11 is 6.15. The quantitative estimate of drug-likeness (QED) is 0.770. The van der Waals surface area contributed by atoms with Crippen molar-refractivity contribution in [3.63, 3.8) is 0 Å². The van der Waals surface area contributed by atoms with Crippen LogP contribution in [0.3, 0.4) is 0 Å². The average molecular weight is 247 g/mol. The molecule has 0 unspecified atom stereocenters. The Hall–Kier alpha value is -1.47. The van der Waals surface area contributed by atoms with Gasteiger partial charge in [-0.05, 0) is 23.6 Å². The van der Waals surface area contributed by atoms with Gasteiger partial charge in [0.2, 0.25) is 0 Å². The van der Waals surface area contributed by atoms with Crippen LogP contribution in [0.15, 0.2) is 42.5 Å². The normalized spacial score (nSPS) is 10.3. The van der Waals surface area contributed by atoms with Crippen LogP contribution in [0.4, 0.5) is 0 Å². The molecule has 0 heterocycles. The molecule has 2 aromatic carbocycles. The van der Waals surface area contributed by atoms with Gasteiger partial charge in [0.1, 0.15) is 5.75 Å². The summed E-state index contributed by atoms with van der Waals surface area (Å²) in [5.41, 5.74) is 3.54. The third-order valence-electron chi connectivity index (χ3n) is 2.86. The number of hydrogen-bond acceptors (Lipinski definition) is 1. The number of benzene rings is 2. The van der Waals surface area contributed by atoms with Crippen molar-refractivity contribution in [3.05, 3.63) is 53.1 Å². The second-order valence-corrected chi connectivity index (χ2v) is 4.24. The first-order valence-corrected chi connectivity index (χ1v) is 6.06. The van der Waals surface area contributed by atoms with Gasteiger partial charge in [-0.1, -0.05) is 54.9 Å². The fourth-order valence-corrected chi connectivity index (χ4v) is 2.27. The van der Waals surface area contributed by atoms with Gasteiger partial charge >= 0.3 is 0 Å². The fourth-order valence-electron chi connectivity index (χ4n) is 2.02. The van der Waals surface area contributed by atoms with E-state index in [-0.39, 0.29) is 0 Å². The van der Waals surface area contributed by atoms with Gasteiger partial charge in [0.25, 0.3) is 0 Å². The van der Waals surface area contributed by atoms with E-state index in [1.807, 2.05) is 24.3 Å². The van der Waals surface area contributed by atoms with E-state index in [4.69, 9.17) is 16.3 Å². The largest absolute Gasteiger partial charge is 0.495 e. The molecule has 88 valence electrons. The predicted molar refractivity (Wildman–Crippen MR) is 72.8 cm³/mol. The molecular formula is C15H15ClO. The van der Waals surface area contributed by atoms with Crippen LogP contribution in [0.1, 0.15) is 12.5 Å². The zero-order chi connectivity index (χ0) is 12.3. The van der Waals surface area contributed by atoms with E-state index in [0.29, 0.717) is 5.02 Å². The van der Waals surface area contributed by atoms with E-state index in [0.717, 1.165) is 17.7 Å². The van der Waals surface area contributed by atoms with Crippen LogP contribution < -0.4 is 4.74 Å². The lowest BCUT2D eigenvalue weighted by Crippen LogP contribution is -1.92. The summed E-state index contributed by atoms with van der Waals surface area (Å²) in [4.78, 5) is 0. The monoisotopic (exact) mass is 246 g/mol. The highest BCUT2D eigenvalue weighted by atomic mass is 35.5. The van der Waals surface area contributed by atoms with Crippen LogP contribution in [0.5, 0.6) is 5.75 Å². The Labute approximate surface area is 107 Å². The van der Waals surface area contributed by atoms with Crippen molar-refractivity contribution in [2.45, 2.75) is 13.3 Å². The number of methoxy groups -OCH3 is 1. The van der Waals surface area contributed by atoms with E-state index in [1.165, 1.54) is 11.1 Å². The topological polar surface area (TPSA) is 9.23 Å². The molecule has 0 aliphatic heterocycles. The van der Waals surface area contributed by atoms with Crippen LogP contribution in [0.25, 0.3) is 11.1 Å². The Morgan fingerprint density at radius 2 is 1.71 bits per heavy atom. The third kappa shape index (κ3) is 2.29. The molecule has 2 rings (SSSR count). The van der Waals surface area contributed by atoms with Gasteiger partial charge in [-0.25, -0.2) is 0 Å². The summed E-state index contributed by atoms with van der Waals surface area (Å²) in [6.07, 6.45) is 0.992. The molecule has 0 fully saturated rings. The summed E-state index contributed by atoms with van der Waals surface area (Å²) in [6.45, 7) is 2.15. The van der Waals surface area contributed by atoms with E-state index in [2.05, 4.69) is 25.1 Å². The van der Waals surface area contributed by atoms with Gasteiger partial charge in [0, 0.05) is 5.56 Å². The van der Waals surface area contributed by atoms with Gasteiger partial charge in [-0.15, -0.1) is 0 Å². The van der Waals surface area contributed by atoms with Crippen LogP contribution in [-0.4, -0.2) is 7.11 Å². The molecule has 0 saturated heterocycles. The van der Waals surface area contributed by atoms with Crippen molar-refractivity contribution < 1.29 is 4.74 Å². The van der Waals surface area contributed by atoms with Crippen LogP contribution in [0.2, 0.25) is 5.02 Å². The number of hydrogen-bond donors (Lipinski definition) is 0. The molecule has 0 bridgehead atoms. The smallest absolute Gasteiger partial charge is 0.145 e. The molecule has 17 heavy (non-hydrogen) atoms. The lowest BCUT2D eigenvalue weighted by atomic mass is 9.97. The summed E-state index contributed by atoms with van der Waals surface area (Å²) < 4.78 is 5.40. The average Bonchev–Trinajstić information content (AvgIpc) is 2.38. The number of para-hydroxylation sites is 1. The van der Waals surface area contributed by atoms with Gasteiger partial charge < -0.3 is 4.74 Å². The molecule has 0 radical (unpaired) electrons. The Bertz CT molecular complexity index is 520. The standard InChI is InChI=1S/C15H15ClO/c1-3-11-7-4-5-8-12(11)13-9-6-10-14(16)15(13)17-2/h4-10H,3H2,1-2H3. The molecule has 2 aromatic rings. The zero-order valence-corrected chi connectivity index (χ0v) is 10.8. The van der Waals surface area contributed by atoms with E-state index in [9.17, 15) is 0 Å². The first-order valence-electron chi connectivity index (χ1n) is 5.68. The third-order valence-corrected chi connectivity index (χ3v) is 3.16. The Morgan fingerprint density at radius 3 is 2.41 bits per heavy atom. The van der Waals surface area contributed by atoms with Crippen molar-refractivity contribution in [3.8, 4) is 16.9 Å². The number of ether oxygens (including phenoxy) is 1. The van der Waals surface area contributed by atoms with Crippen LogP contribution in [-0.2, 0) is 6.42 Å². The van der Waals surface area contributed by atoms with Gasteiger partial charge in [0.15, 0.2) is 0 Å². The van der Waals surface area contributed by atoms with Gasteiger partial charge in [-0.2, -0.15) is 0 Å². The van der Waals surface area contributed by atoms with Crippen molar-refractivity contribution in [2.24, 2.45) is 0 Å². The Balaban J connectivity index is 2.64. The van der Waals surface area contributed by atoms with Crippen molar-refractivity contribution >= 4 is 11.6 Å². The van der Waals surface area contributed by atoms with Crippen molar-refractivity contribution in [1.82, 2.24) is 0 Å². The van der Waals surface area contributed by atoms with Crippen LogP contribution in [0, 0.1) is 0 Å². The molecule has 0 aliphatic rings. The summed E-state index contributed by atoms with van der Waals surface area (Å²) in [5.74, 6) is 0.745. The minimum Gasteiger partial charge on any atom is -0.495 e. The molecule has 1 nitrogen and oxygen atoms in total. The van der Waals surface area contributed by atoms with Crippen molar-refractivity contribution in [2.75, 3.05) is 7.11 Å². The van der Waals surface area contributed by atoms with Gasteiger partial charge in [-0.3, -0.25) is 0 Å². The van der Waals surface area contributed by atoms with E-state index in [1.54, 1.807) is 7.11 Å². The minimum absolute atomic E-state index is 0.649.